The number of nitrogens with one attached hydrogen (secondary N) is 1. The van der Waals surface area contributed by atoms with E-state index in [1.807, 2.05) is 30.3 Å². The second kappa shape index (κ2) is 9.55. The molecule has 178 valence electrons. The fraction of sp³-hybridized carbons (Fsp3) is 0.292. The summed E-state index contributed by atoms with van der Waals surface area (Å²) < 4.78 is 28.1. The van der Waals surface area contributed by atoms with Gasteiger partial charge >= 0.3 is 0 Å². The van der Waals surface area contributed by atoms with E-state index >= 15 is 0 Å². The summed E-state index contributed by atoms with van der Waals surface area (Å²) in [7, 11) is -0.108. The van der Waals surface area contributed by atoms with E-state index in [-0.39, 0.29) is 17.7 Å². The van der Waals surface area contributed by atoms with Crippen LogP contribution in [-0.2, 0) is 14.8 Å². The monoisotopic (exact) mass is 498 g/mol. The molecule has 1 saturated heterocycles. The highest BCUT2D eigenvalue weighted by Gasteiger charge is 2.31. The number of anilines is 1. The lowest BCUT2D eigenvalue weighted by Crippen LogP contribution is -2.31. The number of rotatable bonds is 6. The predicted octanol–water partition coefficient (Wildman–Crippen LogP) is 2.95. The summed E-state index contributed by atoms with van der Waals surface area (Å²) in [5.41, 5.74) is 1.36. The number of hydrogen-bond donors (Lipinski definition) is 1. The number of carbonyl (C=O) groups excluding carboxylic acids is 2. The molecule has 8 nitrogen and oxygen atoms in total. The Morgan fingerprint density at radius 3 is 2.53 bits per heavy atom. The summed E-state index contributed by atoms with van der Waals surface area (Å²) in [6.07, 6.45) is 1.40. The van der Waals surface area contributed by atoms with Gasteiger partial charge in [0.05, 0.1) is 11.1 Å². The van der Waals surface area contributed by atoms with E-state index in [1.54, 1.807) is 48.2 Å². The maximum absolute atomic E-state index is 12.6. The normalized spacial score (nSPS) is 16.8. The smallest absolute Gasteiger partial charge is 0.261 e. The van der Waals surface area contributed by atoms with Crippen LogP contribution in [0.2, 0.25) is 0 Å². The summed E-state index contributed by atoms with van der Waals surface area (Å²) in [4.78, 5) is 29.2. The van der Waals surface area contributed by atoms with Gasteiger partial charge in [0.15, 0.2) is 0 Å². The number of benzene rings is 2. The first-order chi connectivity index (χ1) is 16.1. The highest BCUT2D eigenvalue weighted by molar-refractivity contribution is 7.89. The van der Waals surface area contributed by atoms with Crippen LogP contribution in [0.3, 0.4) is 0 Å². The largest absolute Gasteiger partial charge is 0.362 e. The standard InChI is InChI=1S/C24H26N4O4S2/c1-27(2)23(26-34(3,31)32)17-8-10-19(11-9-17)28-15-16(12-22(28)29)14-25-24(30)21-13-18-6-4-5-7-20(18)33-21/h4-11,13,16H,12,14-15H2,1-3H3,(H,25,30). The van der Waals surface area contributed by atoms with Crippen molar-refractivity contribution in [2.45, 2.75) is 6.42 Å². The average Bonchev–Trinajstić information content (AvgIpc) is 3.38. The van der Waals surface area contributed by atoms with E-state index in [0.29, 0.717) is 35.8 Å². The van der Waals surface area contributed by atoms with Gasteiger partial charge in [0.25, 0.3) is 15.9 Å². The zero-order valence-electron chi connectivity index (χ0n) is 19.2. The maximum atomic E-state index is 12.6. The van der Waals surface area contributed by atoms with Crippen molar-refractivity contribution in [3.63, 3.8) is 0 Å². The van der Waals surface area contributed by atoms with Crippen molar-refractivity contribution in [1.29, 1.82) is 0 Å². The molecule has 10 heteroatoms. The molecule has 0 radical (unpaired) electrons. The number of sulfonamides is 1. The first-order valence-electron chi connectivity index (χ1n) is 10.8. The molecule has 3 aromatic rings. The summed E-state index contributed by atoms with van der Waals surface area (Å²) >= 11 is 1.45. The van der Waals surface area contributed by atoms with Gasteiger partial charge in [-0.2, -0.15) is 0 Å². The van der Waals surface area contributed by atoms with Gasteiger partial charge in [0.1, 0.15) is 5.84 Å². The lowest BCUT2D eigenvalue weighted by Gasteiger charge is -2.19. The molecule has 1 atom stereocenters. The third kappa shape index (κ3) is 5.45. The highest BCUT2D eigenvalue weighted by Crippen LogP contribution is 2.27. The number of thiophene rings is 1. The number of amidine groups is 1. The molecule has 2 amide bonds. The van der Waals surface area contributed by atoms with Crippen molar-refractivity contribution in [3.8, 4) is 0 Å². The van der Waals surface area contributed by atoms with Crippen molar-refractivity contribution in [1.82, 2.24) is 10.2 Å². The van der Waals surface area contributed by atoms with Gasteiger partial charge in [-0.05, 0) is 41.8 Å². The van der Waals surface area contributed by atoms with Crippen molar-refractivity contribution >= 4 is 54.8 Å². The van der Waals surface area contributed by atoms with Crippen LogP contribution in [-0.4, -0.2) is 64.4 Å². The van der Waals surface area contributed by atoms with Crippen LogP contribution in [0.4, 0.5) is 5.69 Å². The first-order valence-corrected chi connectivity index (χ1v) is 13.4. The van der Waals surface area contributed by atoms with E-state index in [4.69, 9.17) is 0 Å². The molecule has 1 aromatic heterocycles. The van der Waals surface area contributed by atoms with Crippen LogP contribution in [0.15, 0.2) is 59.0 Å². The Balaban J connectivity index is 1.40. The third-order valence-electron chi connectivity index (χ3n) is 5.52. The molecule has 1 unspecified atom stereocenters. The number of fused-ring (bicyclic) bond motifs is 1. The topological polar surface area (TPSA) is 99.2 Å². The van der Waals surface area contributed by atoms with Crippen molar-refractivity contribution in [2.75, 3.05) is 38.3 Å². The van der Waals surface area contributed by atoms with E-state index in [2.05, 4.69) is 9.71 Å². The molecule has 1 N–H and O–H groups in total. The van der Waals surface area contributed by atoms with Crippen molar-refractivity contribution in [2.24, 2.45) is 10.3 Å². The molecule has 1 aliphatic heterocycles. The minimum absolute atomic E-state index is 0.00787. The Bertz CT molecular complexity index is 1330. The fourth-order valence-corrected chi connectivity index (χ4v) is 5.49. The predicted molar refractivity (Wildman–Crippen MR) is 136 cm³/mol. The first kappa shape index (κ1) is 23.9. The van der Waals surface area contributed by atoms with Crippen LogP contribution in [0.25, 0.3) is 10.1 Å². The van der Waals surface area contributed by atoms with Gasteiger partial charge < -0.3 is 15.1 Å². The maximum Gasteiger partial charge on any atom is 0.261 e. The molecule has 4 rings (SSSR count). The fourth-order valence-electron chi connectivity index (χ4n) is 3.93. The second-order valence-electron chi connectivity index (χ2n) is 8.52. The zero-order valence-corrected chi connectivity index (χ0v) is 20.8. The average molecular weight is 499 g/mol. The van der Waals surface area contributed by atoms with E-state index in [1.165, 1.54) is 11.3 Å². The Morgan fingerprint density at radius 2 is 1.88 bits per heavy atom. The number of carbonyl (C=O) groups is 2. The number of amides is 2. The van der Waals surface area contributed by atoms with Crippen LogP contribution in [0, 0.1) is 5.92 Å². The Labute approximate surface area is 203 Å². The lowest BCUT2D eigenvalue weighted by molar-refractivity contribution is -0.117. The van der Waals surface area contributed by atoms with Gasteiger partial charge in [-0.15, -0.1) is 15.7 Å². The Kier molecular flexibility index (Phi) is 6.72. The van der Waals surface area contributed by atoms with Crippen LogP contribution < -0.4 is 10.2 Å². The molecular weight excluding hydrogens is 472 g/mol. The molecule has 1 aliphatic rings. The number of nitrogens with zero attached hydrogens (tertiary/aromatic N) is 3. The van der Waals surface area contributed by atoms with Crippen LogP contribution in [0.1, 0.15) is 21.7 Å². The minimum atomic E-state index is -3.55. The Hall–Kier alpha value is -3.24. The molecule has 0 aliphatic carbocycles. The van der Waals surface area contributed by atoms with Gasteiger partial charge in [-0.1, -0.05) is 18.2 Å². The number of hydrogen-bond acceptors (Lipinski definition) is 5. The zero-order chi connectivity index (χ0) is 24.5. The minimum Gasteiger partial charge on any atom is -0.362 e. The molecular formula is C24H26N4O4S2. The van der Waals surface area contributed by atoms with Gasteiger partial charge in [0.2, 0.25) is 5.91 Å². The Morgan fingerprint density at radius 1 is 1.18 bits per heavy atom. The molecule has 0 saturated carbocycles. The van der Waals surface area contributed by atoms with Gasteiger partial charge in [0, 0.05) is 55.5 Å². The van der Waals surface area contributed by atoms with Crippen molar-refractivity contribution in [3.05, 3.63) is 65.0 Å². The lowest BCUT2D eigenvalue weighted by atomic mass is 10.1. The molecule has 34 heavy (non-hydrogen) atoms. The molecule has 1 fully saturated rings. The van der Waals surface area contributed by atoms with Crippen molar-refractivity contribution < 1.29 is 18.0 Å². The summed E-state index contributed by atoms with van der Waals surface area (Å²) in [6.45, 7) is 0.919. The van der Waals surface area contributed by atoms with Crippen LogP contribution in [0.5, 0.6) is 0 Å². The summed E-state index contributed by atoms with van der Waals surface area (Å²) in [6, 6.07) is 16.8. The third-order valence-corrected chi connectivity index (χ3v) is 7.14. The molecule has 0 bridgehead atoms. The molecule has 2 aromatic carbocycles. The van der Waals surface area contributed by atoms with E-state index in [0.717, 1.165) is 22.0 Å². The highest BCUT2D eigenvalue weighted by atomic mass is 32.2. The summed E-state index contributed by atoms with van der Waals surface area (Å²) in [5, 5.41) is 4.01. The van der Waals surface area contributed by atoms with Gasteiger partial charge in [-0.25, -0.2) is 8.42 Å². The van der Waals surface area contributed by atoms with Gasteiger partial charge in [-0.3, -0.25) is 9.59 Å². The SMILES string of the molecule is CN(C)C(=NS(C)(=O)=O)c1ccc(N2CC(CNC(=O)c3cc4ccccc4s3)CC2=O)cc1. The van der Waals surface area contributed by atoms with E-state index < -0.39 is 10.0 Å². The summed E-state index contributed by atoms with van der Waals surface area (Å²) in [5.74, 6) is 0.197. The molecule has 2 heterocycles. The quantitative estimate of drug-likeness (QED) is 0.416. The van der Waals surface area contributed by atoms with E-state index in [9.17, 15) is 18.0 Å². The second-order valence-corrected chi connectivity index (χ2v) is 11.3. The van der Waals surface area contributed by atoms with Crippen LogP contribution >= 0.6 is 11.3 Å². The molecule has 0 spiro atoms.